The lowest BCUT2D eigenvalue weighted by atomic mass is 9.98. The molecule has 3 heterocycles. The maximum atomic E-state index is 15.8. The van der Waals surface area contributed by atoms with Gasteiger partial charge in [-0.2, -0.15) is 5.26 Å². The van der Waals surface area contributed by atoms with E-state index >= 15 is 4.39 Å². The minimum atomic E-state index is -0.496. The minimum absolute atomic E-state index is 0.114. The van der Waals surface area contributed by atoms with Crippen molar-refractivity contribution in [1.82, 2.24) is 19.9 Å². The van der Waals surface area contributed by atoms with Gasteiger partial charge in [-0.1, -0.05) is 24.3 Å². The van der Waals surface area contributed by atoms with Crippen LogP contribution in [0.5, 0.6) is 0 Å². The third-order valence-electron chi connectivity index (χ3n) is 6.38. The third-order valence-corrected chi connectivity index (χ3v) is 6.38. The van der Waals surface area contributed by atoms with Crippen LogP contribution in [0.2, 0.25) is 0 Å². The van der Waals surface area contributed by atoms with Crippen LogP contribution in [-0.4, -0.2) is 51.6 Å². The van der Waals surface area contributed by atoms with E-state index in [1.807, 2.05) is 24.3 Å². The average Bonchev–Trinajstić information content (AvgIpc) is 2.83. The summed E-state index contributed by atoms with van der Waals surface area (Å²) in [4.78, 5) is 17.9. The molecule has 2 aromatic heterocycles. The van der Waals surface area contributed by atoms with Crippen LogP contribution in [0.25, 0.3) is 32.9 Å². The molecule has 0 saturated carbocycles. The molecule has 0 N–H and O–H groups in total. The van der Waals surface area contributed by atoms with E-state index in [2.05, 4.69) is 51.6 Å². The zero-order chi connectivity index (χ0) is 23.2. The monoisotopic (exact) mass is 440 g/mol. The van der Waals surface area contributed by atoms with Crippen LogP contribution in [0.15, 0.2) is 48.9 Å². The fraction of sp³-hybridized carbons (Fsp3) is 0.308. The van der Waals surface area contributed by atoms with E-state index in [1.54, 1.807) is 18.3 Å². The quantitative estimate of drug-likeness (QED) is 0.447. The zero-order valence-corrected chi connectivity index (χ0v) is 19.0. The summed E-state index contributed by atoms with van der Waals surface area (Å²) in [6.07, 6.45) is 3.08. The van der Waals surface area contributed by atoms with E-state index in [1.165, 1.54) is 6.33 Å². The molecular weight excluding hydrogens is 415 g/mol. The standard InChI is InChI=1S/C26H25FN6/c1-26(2,3)33-10-8-32(9-11-33)25-21-15-29-23(22(27)24(21)30-16-31-25)20-13-17(14-28)12-18-6-4-5-7-19(18)20/h4-7,12-13,15-16H,8-11H2,1-3H3. The van der Waals surface area contributed by atoms with E-state index in [9.17, 15) is 5.26 Å². The Hall–Kier alpha value is -3.63. The fourth-order valence-electron chi connectivity index (χ4n) is 4.58. The Morgan fingerprint density at radius 1 is 0.970 bits per heavy atom. The molecule has 6 nitrogen and oxygen atoms in total. The number of piperazine rings is 1. The highest BCUT2D eigenvalue weighted by Gasteiger charge is 2.27. The zero-order valence-electron chi connectivity index (χ0n) is 19.0. The molecule has 1 fully saturated rings. The molecule has 0 atom stereocenters. The number of fused-ring (bicyclic) bond motifs is 2. The molecule has 0 bridgehead atoms. The Morgan fingerprint density at radius 3 is 2.45 bits per heavy atom. The number of nitrogens with zero attached hydrogens (tertiary/aromatic N) is 6. The normalized spacial score (nSPS) is 15.2. The lowest BCUT2D eigenvalue weighted by Gasteiger charge is -2.42. The largest absolute Gasteiger partial charge is 0.353 e. The highest BCUT2D eigenvalue weighted by Crippen LogP contribution is 2.34. The van der Waals surface area contributed by atoms with E-state index in [0.29, 0.717) is 22.3 Å². The first-order chi connectivity index (χ1) is 15.9. The van der Waals surface area contributed by atoms with Gasteiger partial charge in [-0.05, 0) is 43.7 Å². The van der Waals surface area contributed by atoms with Gasteiger partial charge in [0, 0.05) is 43.5 Å². The van der Waals surface area contributed by atoms with Gasteiger partial charge in [-0.15, -0.1) is 0 Å². The molecule has 33 heavy (non-hydrogen) atoms. The number of benzene rings is 2. The van der Waals surface area contributed by atoms with Crippen LogP contribution in [-0.2, 0) is 0 Å². The van der Waals surface area contributed by atoms with Crippen molar-refractivity contribution in [3.8, 4) is 17.3 Å². The molecular formula is C26H25FN6. The van der Waals surface area contributed by atoms with Crippen molar-refractivity contribution in [3.05, 3.63) is 60.3 Å². The van der Waals surface area contributed by atoms with E-state index in [0.717, 1.165) is 37.0 Å². The van der Waals surface area contributed by atoms with Crippen molar-refractivity contribution in [3.63, 3.8) is 0 Å². The van der Waals surface area contributed by atoms with Gasteiger partial charge in [0.1, 0.15) is 23.4 Å². The van der Waals surface area contributed by atoms with Crippen LogP contribution in [0.3, 0.4) is 0 Å². The molecule has 166 valence electrons. The Morgan fingerprint density at radius 2 is 1.73 bits per heavy atom. The highest BCUT2D eigenvalue weighted by atomic mass is 19.1. The summed E-state index contributed by atoms with van der Waals surface area (Å²) in [5, 5.41) is 11.8. The van der Waals surface area contributed by atoms with E-state index < -0.39 is 5.82 Å². The molecule has 2 aromatic carbocycles. The topological polar surface area (TPSA) is 68.9 Å². The van der Waals surface area contributed by atoms with Crippen molar-refractivity contribution in [1.29, 1.82) is 5.26 Å². The van der Waals surface area contributed by atoms with Gasteiger partial charge in [-0.3, -0.25) is 9.88 Å². The molecule has 0 amide bonds. The molecule has 0 radical (unpaired) electrons. The summed E-state index contributed by atoms with van der Waals surface area (Å²) < 4.78 is 15.8. The number of anilines is 1. The molecule has 0 aliphatic carbocycles. The second-order valence-electron chi connectivity index (χ2n) is 9.38. The van der Waals surface area contributed by atoms with Crippen molar-refractivity contribution in [2.75, 3.05) is 31.1 Å². The van der Waals surface area contributed by atoms with Gasteiger partial charge >= 0.3 is 0 Å². The predicted molar refractivity (Wildman–Crippen MR) is 128 cm³/mol. The SMILES string of the molecule is CC(C)(C)N1CCN(c2ncnc3c(F)c(-c4cc(C#N)cc5ccccc45)ncc23)CC1. The van der Waals surface area contributed by atoms with Crippen LogP contribution in [0.1, 0.15) is 26.3 Å². The molecule has 1 aliphatic rings. The summed E-state index contributed by atoms with van der Waals surface area (Å²) >= 11 is 0. The van der Waals surface area contributed by atoms with Crippen LogP contribution in [0, 0.1) is 17.1 Å². The minimum Gasteiger partial charge on any atom is -0.353 e. The number of nitriles is 1. The summed E-state index contributed by atoms with van der Waals surface area (Å²) in [5.74, 6) is 0.215. The molecule has 1 saturated heterocycles. The van der Waals surface area contributed by atoms with E-state index in [-0.39, 0.29) is 16.7 Å². The number of pyridine rings is 1. The summed E-state index contributed by atoms with van der Waals surface area (Å²) in [7, 11) is 0. The van der Waals surface area contributed by atoms with Crippen molar-refractivity contribution < 1.29 is 4.39 Å². The van der Waals surface area contributed by atoms with Gasteiger partial charge in [0.25, 0.3) is 0 Å². The molecule has 0 unspecified atom stereocenters. The number of rotatable bonds is 2. The van der Waals surface area contributed by atoms with Gasteiger partial charge in [-0.25, -0.2) is 14.4 Å². The lowest BCUT2D eigenvalue weighted by Crippen LogP contribution is -2.53. The Bertz CT molecular complexity index is 1390. The first-order valence-electron chi connectivity index (χ1n) is 11.1. The summed E-state index contributed by atoms with van der Waals surface area (Å²) in [6, 6.07) is 13.3. The van der Waals surface area contributed by atoms with Crippen molar-refractivity contribution >= 4 is 27.5 Å². The van der Waals surface area contributed by atoms with Crippen LogP contribution >= 0.6 is 0 Å². The number of hydrogen-bond donors (Lipinski definition) is 0. The maximum absolute atomic E-state index is 15.8. The van der Waals surface area contributed by atoms with Crippen LogP contribution in [0.4, 0.5) is 10.2 Å². The number of aromatic nitrogens is 3. The summed E-state index contributed by atoms with van der Waals surface area (Å²) in [5.41, 5.74) is 1.60. The molecule has 5 rings (SSSR count). The van der Waals surface area contributed by atoms with Crippen LogP contribution < -0.4 is 4.90 Å². The average molecular weight is 441 g/mol. The second kappa shape index (κ2) is 8.05. The number of halogens is 1. The predicted octanol–water partition coefficient (Wildman–Crippen LogP) is 4.78. The number of hydrogen-bond acceptors (Lipinski definition) is 6. The van der Waals surface area contributed by atoms with Crippen molar-refractivity contribution in [2.45, 2.75) is 26.3 Å². The molecule has 7 heteroatoms. The molecule has 1 aliphatic heterocycles. The maximum Gasteiger partial charge on any atom is 0.175 e. The van der Waals surface area contributed by atoms with Gasteiger partial charge in [0.05, 0.1) is 17.0 Å². The smallest absolute Gasteiger partial charge is 0.175 e. The Labute approximate surface area is 192 Å². The first-order valence-corrected chi connectivity index (χ1v) is 11.1. The highest BCUT2D eigenvalue weighted by molar-refractivity contribution is 5.99. The lowest BCUT2D eigenvalue weighted by molar-refractivity contribution is 0.128. The summed E-state index contributed by atoms with van der Waals surface area (Å²) in [6.45, 7) is 10.1. The Kier molecular flexibility index (Phi) is 5.18. The molecule has 4 aromatic rings. The first kappa shape index (κ1) is 21.2. The Balaban J connectivity index is 1.59. The van der Waals surface area contributed by atoms with Crippen molar-refractivity contribution in [2.24, 2.45) is 0 Å². The second-order valence-corrected chi connectivity index (χ2v) is 9.38. The van der Waals surface area contributed by atoms with Gasteiger partial charge in [0.2, 0.25) is 0 Å². The molecule has 0 spiro atoms. The van der Waals surface area contributed by atoms with Gasteiger partial charge < -0.3 is 4.90 Å². The third kappa shape index (κ3) is 3.77. The fourth-order valence-corrected chi connectivity index (χ4v) is 4.58. The van der Waals surface area contributed by atoms with Gasteiger partial charge in [0.15, 0.2) is 5.82 Å². The van der Waals surface area contributed by atoms with E-state index in [4.69, 9.17) is 0 Å².